The molecule has 0 bridgehead atoms. The number of primary amides is 1. The quantitative estimate of drug-likeness (QED) is 0.0621. The second kappa shape index (κ2) is 14.3. The highest BCUT2D eigenvalue weighted by molar-refractivity contribution is 6.01. The topological polar surface area (TPSA) is 193 Å². The van der Waals surface area contributed by atoms with E-state index in [1.807, 2.05) is 60.7 Å². The van der Waals surface area contributed by atoms with Crippen molar-refractivity contribution in [3.05, 3.63) is 125 Å². The first kappa shape index (κ1) is 34.2. The summed E-state index contributed by atoms with van der Waals surface area (Å²) < 4.78 is 6.18. The number of amidine groups is 1. The zero-order valence-electron chi connectivity index (χ0n) is 27.7. The molecular formula is C38H41N7O4. The lowest BCUT2D eigenvalue weighted by atomic mass is 9.87. The van der Waals surface area contributed by atoms with Crippen molar-refractivity contribution in [2.75, 3.05) is 12.3 Å². The van der Waals surface area contributed by atoms with E-state index in [0.29, 0.717) is 33.9 Å². The van der Waals surface area contributed by atoms with E-state index in [1.165, 1.54) is 10.5 Å². The van der Waals surface area contributed by atoms with Crippen molar-refractivity contribution in [2.45, 2.75) is 45.2 Å². The first-order valence-electron chi connectivity index (χ1n) is 15.8. The van der Waals surface area contributed by atoms with Gasteiger partial charge in [-0.2, -0.15) is 0 Å². The fraction of sp³-hybridized carbons (Fsp3) is 0.211. The molecule has 5 aromatic rings. The van der Waals surface area contributed by atoms with Crippen LogP contribution < -0.4 is 27.3 Å². The molecule has 49 heavy (non-hydrogen) atoms. The van der Waals surface area contributed by atoms with Crippen LogP contribution in [0, 0.1) is 5.41 Å². The highest BCUT2D eigenvalue weighted by atomic mass is 16.5. The largest absolute Gasteiger partial charge is 0.457 e. The van der Waals surface area contributed by atoms with Crippen molar-refractivity contribution in [3.8, 4) is 11.5 Å². The number of amides is 3. The van der Waals surface area contributed by atoms with E-state index in [1.54, 1.807) is 36.5 Å². The van der Waals surface area contributed by atoms with Crippen molar-refractivity contribution >= 4 is 40.1 Å². The molecule has 0 radical (unpaired) electrons. The maximum Gasteiger partial charge on any atom is 0.254 e. The van der Waals surface area contributed by atoms with Crippen LogP contribution in [0.5, 0.6) is 11.5 Å². The van der Waals surface area contributed by atoms with Gasteiger partial charge in [0.05, 0.1) is 6.54 Å². The van der Waals surface area contributed by atoms with Gasteiger partial charge in [-0.25, -0.2) is 0 Å². The average Bonchev–Trinajstić information content (AvgIpc) is 3.49. The molecule has 3 amide bonds. The summed E-state index contributed by atoms with van der Waals surface area (Å²) in [6.45, 7) is 6.04. The van der Waals surface area contributed by atoms with Crippen LogP contribution in [0.3, 0.4) is 0 Å². The van der Waals surface area contributed by atoms with E-state index in [2.05, 4.69) is 31.1 Å². The molecular weight excluding hydrogens is 618 g/mol. The minimum absolute atomic E-state index is 0.000484. The van der Waals surface area contributed by atoms with Crippen LogP contribution in [0.25, 0.3) is 10.9 Å². The molecule has 1 aromatic heterocycles. The predicted octanol–water partition coefficient (Wildman–Crippen LogP) is 4.98. The summed E-state index contributed by atoms with van der Waals surface area (Å²) in [6.07, 6.45) is 1.84. The number of nitrogens with zero attached hydrogens (tertiary/aromatic N) is 1. The van der Waals surface area contributed by atoms with Gasteiger partial charge in [-0.15, -0.1) is 0 Å². The lowest BCUT2D eigenvalue weighted by Crippen LogP contribution is -2.51. The van der Waals surface area contributed by atoms with Crippen LogP contribution in [-0.2, 0) is 28.0 Å². The third kappa shape index (κ3) is 8.25. The Morgan fingerprint density at radius 2 is 1.57 bits per heavy atom. The Morgan fingerprint density at radius 1 is 0.898 bits per heavy atom. The Morgan fingerprint density at radius 3 is 2.22 bits per heavy atom. The number of fused-ring (bicyclic) bond motifs is 1. The summed E-state index contributed by atoms with van der Waals surface area (Å²) in [4.78, 5) is 44.6. The number of carbonyl (C=O) groups excluding carboxylic acids is 3. The van der Waals surface area contributed by atoms with Gasteiger partial charge >= 0.3 is 0 Å². The molecule has 11 nitrogen and oxygen atoms in total. The number of nitrogens with one attached hydrogen (secondary N) is 3. The number of aromatic amines is 1. The van der Waals surface area contributed by atoms with Crippen molar-refractivity contribution in [2.24, 2.45) is 11.5 Å². The number of ether oxygens (including phenoxy) is 1. The molecule has 1 atom stereocenters. The van der Waals surface area contributed by atoms with Gasteiger partial charge < -0.3 is 37.1 Å². The molecule has 1 unspecified atom stereocenters. The summed E-state index contributed by atoms with van der Waals surface area (Å²) in [5.41, 5.74) is 22.0. The summed E-state index contributed by atoms with van der Waals surface area (Å²) in [7, 11) is 0. The molecule has 1 heterocycles. The van der Waals surface area contributed by atoms with Crippen molar-refractivity contribution in [1.82, 2.24) is 15.2 Å². The minimum Gasteiger partial charge on any atom is -0.457 e. The monoisotopic (exact) mass is 659 g/mol. The van der Waals surface area contributed by atoms with E-state index in [0.717, 1.165) is 10.9 Å². The molecule has 0 saturated heterocycles. The van der Waals surface area contributed by atoms with Gasteiger partial charge in [0.1, 0.15) is 23.4 Å². The molecule has 0 aliphatic rings. The molecule has 4 aromatic carbocycles. The van der Waals surface area contributed by atoms with Crippen LogP contribution in [0.2, 0.25) is 0 Å². The number of aromatic nitrogens is 1. The van der Waals surface area contributed by atoms with Gasteiger partial charge in [-0.1, -0.05) is 63.2 Å². The molecule has 0 aliphatic heterocycles. The minimum atomic E-state index is -1.09. The Bertz CT molecular complexity index is 1990. The second-order valence-corrected chi connectivity index (χ2v) is 12.9. The first-order chi connectivity index (χ1) is 23.3. The number of hydrogen-bond donors (Lipinski definition) is 6. The number of anilines is 1. The summed E-state index contributed by atoms with van der Waals surface area (Å²) >= 11 is 0. The highest BCUT2D eigenvalue weighted by Gasteiger charge is 2.32. The van der Waals surface area contributed by atoms with E-state index in [4.69, 9.17) is 27.3 Å². The summed E-state index contributed by atoms with van der Waals surface area (Å²) in [6, 6.07) is 25.9. The maximum absolute atomic E-state index is 14.4. The van der Waals surface area contributed by atoms with Crippen molar-refractivity contribution in [3.63, 3.8) is 0 Å². The van der Waals surface area contributed by atoms with Crippen molar-refractivity contribution in [1.29, 1.82) is 5.41 Å². The SMILES string of the molecule is CC(C)(C)c1ccc(Oc2cccc(CN(C(=O)c3ccc(C(=N)N)cc3)C(Cc3c[nH]c4cccc(N)c34)C(=O)NCC(N)=O)c2)cc1. The van der Waals surface area contributed by atoms with Gasteiger partial charge in [0.2, 0.25) is 11.8 Å². The lowest BCUT2D eigenvalue weighted by molar-refractivity contribution is -0.128. The standard InChI is InChI=1S/C38H41N7O4/c1-38(2,3)27-14-16-28(17-15-27)49-29-7-4-6-23(18-29)22-45(37(48)25-12-10-24(11-13-25)35(41)42)32(36(47)44-21-33(40)46)19-26-20-43-31-9-5-8-30(39)34(26)31/h4-18,20,32,43H,19,21-22,39H2,1-3H3,(H2,40,46)(H3,41,42)(H,44,47). The smallest absolute Gasteiger partial charge is 0.254 e. The Balaban J connectivity index is 1.53. The van der Waals surface area contributed by atoms with Crippen LogP contribution in [0.4, 0.5) is 5.69 Å². The molecule has 0 saturated carbocycles. The van der Waals surface area contributed by atoms with Gasteiger partial charge in [0.15, 0.2) is 0 Å². The Hall–Kier alpha value is -6.10. The number of rotatable bonds is 12. The van der Waals surface area contributed by atoms with Gasteiger partial charge in [0, 0.05) is 46.9 Å². The normalized spacial score (nSPS) is 11.9. The second-order valence-electron chi connectivity index (χ2n) is 12.9. The Labute approximate surface area is 284 Å². The fourth-order valence-electron chi connectivity index (χ4n) is 5.64. The molecule has 9 N–H and O–H groups in total. The van der Waals surface area contributed by atoms with Gasteiger partial charge in [-0.05, 0) is 70.6 Å². The van der Waals surface area contributed by atoms with Gasteiger partial charge in [0.25, 0.3) is 5.91 Å². The predicted molar refractivity (Wildman–Crippen MR) is 191 cm³/mol. The number of hydrogen-bond acceptors (Lipinski definition) is 6. The zero-order valence-corrected chi connectivity index (χ0v) is 27.7. The number of carbonyl (C=O) groups is 3. The van der Waals surface area contributed by atoms with E-state index in [-0.39, 0.29) is 29.8 Å². The first-order valence-corrected chi connectivity index (χ1v) is 15.8. The third-order valence-electron chi connectivity index (χ3n) is 8.26. The van der Waals surface area contributed by atoms with Crippen molar-refractivity contribution < 1.29 is 19.1 Å². The fourth-order valence-corrected chi connectivity index (χ4v) is 5.64. The van der Waals surface area contributed by atoms with E-state index < -0.39 is 30.3 Å². The Kier molecular flexibility index (Phi) is 10.0. The van der Waals surface area contributed by atoms with E-state index in [9.17, 15) is 14.4 Å². The van der Waals surface area contributed by atoms with Crippen LogP contribution in [0.15, 0.2) is 97.2 Å². The third-order valence-corrected chi connectivity index (χ3v) is 8.26. The molecule has 0 fully saturated rings. The molecule has 5 rings (SSSR count). The van der Waals surface area contributed by atoms with Gasteiger partial charge in [-0.3, -0.25) is 19.8 Å². The average molecular weight is 660 g/mol. The molecule has 11 heteroatoms. The number of nitrogens with two attached hydrogens (primary N) is 3. The van der Waals surface area contributed by atoms with E-state index >= 15 is 0 Å². The number of benzene rings is 4. The summed E-state index contributed by atoms with van der Waals surface area (Å²) in [5.74, 6) is -0.667. The summed E-state index contributed by atoms with van der Waals surface area (Å²) in [5, 5.41) is 11.1. The number of nitrogen functional groups attached to an aromatic ring is 2. The zero-order chi connectivity index (χ0) is 35.3. The molecule has 252 valence electrons. The van der Waals surface area contributed by atoms with Crippen LogP contribution in [-0.4, -0.2) is 46.0 Å². The molecule has 0 spiro atoms. The number of H-pyrrole nitrogens is 1. The highest BCUT2D eigenvalue weighted by Crippen LogP contribution is 2.30. The van der Waals surface area contributed by atoms with Crippen LogP contribution in [0.1, 0.15) is 53.4 Å². The lowest BCUT2D eigenvalue weighted by Gasteiger charge is -2.31. The molecule has 0 aliphatic carbocycles. The maximum atomic E-state index is 14.4. The van der Waals surface area contributed by atoms with Crippen LogP contribution >= 0.6 is 0 Å².